The van der Waals surface area contributed by atoms with Gasteiger partial charge in [0.2, 0.25) is 0 Å². The third-order valence-corrected chi connectivity index (χ3v) is 3.70. The number of fused-ring (bicyclic) bond motifs is 1. The molecule has 2 heterocycles. The van der Waals surface area contributed by atoms with E-state index >= 15 is 0 Å². The molecule has 0 amide bonds. The summed E-state index contributed by atoms with van der Waals surface area (Å²) in [6.45, 7) is 3.08. The van der Waals surface area contributed by atoms with Crippen LogP contribution in [0.2, 0.25) is 0 Å². The molecule has 3 aromatic rings. The van der Waals surface area contributed by atoms with Crippen LogP contribution >= 0.6 is 11.3 Å². The van der Waals surface area contributed by atoms with Crippen LogP contribution in [0.3, 0.4) is 0 Å². The van der Waals surface area contributed by atoms with Crippen molar-refractivity contribution in [2.45, 2.75) is 19.9 Å². The smallest absolute Gasteiger partial charge is 0.109 e. The number of hydrogen-bond acceptors (Lipinski definition) is 2. The molecule has 0 N–H and O–H groups in total. The van der Waals surface area contributed by atoms with E-state index in [-0.39, 0.29) is 0 Å². The van der Waals surface area contributed by atoms with Crippen molar-refractivity contribution in [3.05, 3.63) is 52.5 Å². The van der Waals surface area contributed by atoms with E-state index in [1.165, 1.54) is 11.1 Å². The number of imidazole rings is 1. The Labute approximate surface area is 105 Å². The molecule has 0 fully saturated rings. The van der Waals surface area contributed by atoms with Gasteiger partial charge >= 0.3 is 0 Å². The van der Waals surface area contributed by atoms with Crippen LogP contribution in [0.25, 0.3) is 11.0 Å². The number of nitrogens with zero attached hydrogens (tertiary/aromatic N) is 2. The first-order valence-electron chi connectivity index (χ1n) is 5.83. The quantitative estimate of drug-likeness (QED) is 0.684. The van der Waals surface area contributed by atoms with Gasteiger partial charge in [0.1, 0.15) is 5.82 Å². The fraction of sp³-hybridized carbons (Fsp3) is 0.214. The number of aromatic nitrogens is 2. The first kappa shape index (κ1) is 10.5. The summed E-state index contributed by atoms with van der Waals surface area (Å²) in [5.41, 5.74) is 3.68. The zero-order chi connectivity index (χ0) is 11.7. The number of hydrogen-bond donors (Lipinski definition) is 0. The minimum Gasteiger partial charge on any atom is -0.323 e. The first-order chi connectivity index (χ1) is 8.38. The van der Waals surface area contributed by atoms with Gasteiger partial charge in [-0.1, -0.05) is 19.1 Å². The molecule has 0 spiro atoms. The molecule has 1 aromatic carbocycles. The Morgan fingerprint density at radius 3 is 2.88 bits per heavy atom. The Balaban J connectivity index is 2.12. The van der Waals surface area contributed by atoms with Gasteiger partial charge in [-0.2, -0.15) is 11.3 Å². The Bertz CT molecular complexity index is 623. The van der Waals surface area contributed by atoms with Crippen molar-refractivity contribution < 1.29 is 0 Å². The van der Waals surface area contributed by atoms with E-state index in [4.69, 9.17) is 0 Å². The van der Waals surface area contributed by atoms with Gasteiger partial charge in [0.25, 0.3) is 0 Å². The van der Waals surface area contributed by atoms with Gasteiger partial charge in [-0.05, 0) is 34.5 Å². The van der Waals surface area contributed by atoms with Gasteiger partial charge < -0.3 is 4.57 Å². The Morgan fingerprint density at radius 2 is 2.12 bits per heavy atom. The standard InChI is InChI=1S/C14H14N2S/c1-2-14-15-12-5-3-4-6-13(12)16(14)9-11-7-8-17-10-11/h3-8,10H,2,9H2,1H3. The molecule has 0 saturated carbocycles. The molecule has 0 radical (unpaired) electrons. The van der Waals surface area contributed by atoms with Crippen molar-refractivity contribution in [3.8, 4) is 0 Å². The molecular formula is C14H14N2S. The summed E-state index contributed by atoms with van der Waals surface area (Å²) >= 11 is 1.75. The molecule has 86 valence electrons. The maximum Gasteiger partial charge on any atom is 0.109 e. The molecule has 0 atom stereocenters. The number of thiophene rings is 1. The van der Waals surface area contributed by atoms with Crippen LogP contribution in [0, 0.1) is 0 Å². The van der Waals surface area contributed by atoms with E-state index in [9.17, 15) is 0 Å². The molecule has 3 heteroatoms. The van der Waals surface area contributed by atoms with Crippen molar-refractivity contribution in [1.29, 1.82) is 0 Å². The van der Waals surface area contributed by atoms with Crippen LogP contribution in [-0.4, -0.2) is 9.55 Å². The van der Waals surface area contributed by atoms with Crippen molar-refractivity contribution >= 4 is 22.4 Å². The van der Waals surface area contributed by atoms with Gasteiger partial charge in [0, 0.05) is 6.42 Å². The fourth-order valence-corrected chi connectivity index (χ4v) is 2.80. The van der Waals surface area contributed by atoms with E-state index in [1.54, 1.807) is 11.3 Å². The lowest BCUT2D eigenvalue weighted by molar-refractivity contribution is 0.755. The van der Waals surface area contributed by atoms with Gasteiger partial charge in [-0.25, -0.2) is 4.98 Å². The normalized spacial score (nSPS) is 11.1. The number of aryl methyl sites for hydroxylation is 1. The van der Waals surface area contributed by atoms with Gasteiger partial charge in [0.05, 0.1) is 17.6 Å². The minimum atomic E-state index is 0.924. The highest BCUT2D eigenvalue weighted by atomic mass is 32.1. The lowest BCUT2D eigenvalue weighted by atomic mass is 10.3. The first-order valence-corrected chi connectivity index (χ1v) is 6.78. The molecule has 3 rings (SSSR count). The molecule has 0 unspecified atom stereocenters. The van der Waals surface area contributed by atoms with Gasteiger partial charge in [-0.3, -0.25) is 0 Å². The van der Waals surface area contributed by atoms with E-state index in [1.807, 2.05) is 6.07 Å². The van der Waals surface area contributed by atoms with E-state index < -0.39 is 0 Å². The highest BCUT2D eigenvalue weighted by Crippen LogP contribution is 2.19. The summed E-state index contributed by atoms with van der Waals surface area (Å²) in [7, 11) is 0. The van der Waals surface area contributed by atoms with Crippen molar-refractivity contribution in [1.82, 2.24) is 9.55 Å². The van der Waals surface area contributed by atoms with Gasteiger partial charge in [-0.15, -0.1) is 0 Å². The van der Waals surface area contributed by atoms with Crippen LogP contribution in [0.15, 0.2) is 41.1 Å². The molecule has 17 heavy (non-hydrogen) atoms. The van der Waals surface area contributed by atoms with Crippen LogP contribution < -0.4 is 0 Å². The third-order valence-electron chi connectivity index (χ3n) is 2.97. The van der Waals surface area contributed by atoms with E-state index in [0.29, 0.717) is 0 Å². The maximum absolute atomic E-state index is 4.68. The van der Waals surface area contributed by atoms with Crippen LogP contribution in [-0.2, 0) is 13.0 Å². The lowest BCUT2D eigenvalue weighted by Crippen LogP contribution is -2.03. The predicted molar refractivity (Wildman–Crippen MR) is 72.5 cm³/mol. The zero-order valence-corrected chi connectivity index (χ0v) is 10.6. The second kappa shape index (κ2) is 4.34. The average Bonchev–Trinajstić information content (AvgIpc) is 2.98. The predicted octanol–water partition coefficient (Wildman–Crippen LogP) is 3.71. The second-order valence-electron chi connectivity index (χ2n) is 4.09. The van der Waals surface area contributed by atoms with Crippen LogP contribution in [0.1, 0.15) is 18.3 Å². The van der Waals surface area contributed by atoms with Crippen molar-refractivity contribution in [3.63, 3.8) is 0 Å². The Hall–Kier alpha value is -1.61. The van der Waals surface area contributed by atoms with Crippen LogP contribution in [0.5, 0.6) is 0 Å². The summed E-state index contributed by atoms with van der Waals surface area (Å²) in [4.78, 5) is 4.68. The average molecular weight is 242 g/mol. The van der Waals surface area contributed by atoms with E-state index in [0.717, 1.165) is 24.3 Å². The zero-order valence-electron chi connectivity index (χ0n) is 9.76. The minimum absolute atomic E-state index is 0.924. The molecule has 0 aliphatic heterocycles. The summed E-state index contributed by atoms with van der Waals surface area (Å²) in [6.07, 6.45) is 0.971. The summed E-state index contributed by atoms with van der Waals surface area (Å²) < 4.78 is 2.32. The molecule has 0 aliphatic carbocycles. The van der Waals surface area contributed by atoms with E-state index in [2.05, 4.69) is 51.5 Å². The molecule has 0 bridgehead atoms. The molecular weight excluding hydrogens is 228 g/mol. The molecule has 2 aromatic heterocycles. The molecule has 2 nitrogen and oxygen atoms in total. The molecule has 0 saturated heterocycles. The summed E-state index contributed by atoms with van der Waals surface area (Å²) in [5, 5.41) is 4.33. The van der Waals surface area contributed by atoms with Crippen LogP contribution in [0.4, 0.5) is 0 Å². The lowest BCUT2D eigenvalue weighted by Gasteiger charge is -2.06. The largest absolute Gasteiger partial charge is 0.323 e. The number of para-hydroxylation sites is 2. The molecule has 0 aliphatic rings. The highest BCUT2D eigenvalue weighted by molar-refractivity contribution is 7.07. The second-order valence-corrected chi connectivity index (χ2v) is 4.87. The fourth-order valence-electron chi connectivity index (χ4n) is 2.14. The third kappa shape index (κ3) is 1.87. The highest BCUT2D eigenvalue weighted by Gasteiger charge is 2.08. The van der Waals surface area contributed by atoms with Crippen molar-refractivity contribution in [2.24, 2.45) is 0 Å². The summed E-state index contributed by atoms with van der Waals surface area (Å²) in [6, 6.07) is 10.5. The number of rotatable bonds is 3. The summed E-state index contributed by atoms with van der Waals surface area (Å²) in [5.74, 6) is 1.16. The monoisotopic (exact) mass is 242 g/mol. The SMILES string of the molecule is CCc1nc2ccccc2n1Cc1ccsc1. The Kier molecular flexibility index (Phi) is 2.69. The number of benzene rings is 1. The van der Waals surface area contributed by atoms with Crippen molar-refractivity contribution in [2.75, 3.05) is 0 Å². The Morgan fingerprint density at radius 1 is 1.24 bits per heavy atom. The van der Waals surface area contributed by atoms with Gasteiger partial charge in [0.15, 0.2) is 0 Å². The topological polar surface area (TPSA) is 17.8 Å². The maximum atomic E-state index is 4.68.